The average Bonchev–Trinajstić information content (AvgIpc) is 3.39. The van der Waals surface area contributed by atoms with E-state index in [-0.39, 0.29) is 5.56 Å². The van der Waals surface area contributed by atoms with Gasteiger partial charge < -0.3 is 10.1 Å². The number of benzene rings is 1. The fourth-order valence-electron chi connectivity index (χ4n) is 5.15. The van der Waals surface area contributed by atoms with Crippen LogP contribution >= 0.6 is 11.3 Å². The van der Waals surface area contributed by atoms with Crippen molar-refractivity contribution in [2.45, 2.75) is 65.1 Å². The van der Waals surface area contributed by atoms with Crippen molar-refractivity contribution in [3.05, 3.63) is 74.4 Å². The van der Waals surface area contributed by atoms with Gasteiger partial charge in [0.2, 0.25) is 0 Å². The van der Waals surface area contributed by atoms with E-state index in [2.05, 4.69) is 40.5 Å². The summed E-state index contributed by atoms with van der Waals surface area (Å²) < 4.78 is 9.26. The number of rotatable bonds is 9. The van der Waals surface area contributed by atoms with Gasteiger partial charge in [0.25, 0.3) is 5.56 Å². The predicted molar refractivity (Wildman–Crippen MR) is 141 cm³/mol. The number of fused-ring (bicyclic) bond motifs is 3. The molecular formula is C27H33N5O2S. The van der Waals surface area contributed by atoms with Gasteiger partial charge in [-0.3, -0.25) is 14.0 Å². The van der Waals surface area contributed by atoms with Crippen LogP contribution in [0.5, 0.6) is 5.75 Å². The summed E-state index contributed by atoms with van der Waals surface area (Å²) in [5, 5.41) is 9.08. The Morgan fingerprint density at radius 2 is 2.09 bits per heavy atom. The van der Waals surface area contributed by atoms with Crippen molar-refractivity contribution in [1.29, 1.82) is 0 Å². The SMILES string of the molecule is COc1ccccc1CCNC1CCc2c(sc3ncn(CCCn4nc(C)cc4C)c(=O)c23)C1. The lowest BCUT2D eigenvalue weighted by molar-refractivity contribution is 0.407. The summed E-state index contributed by atoms with van der Waals surface area (Å²) in [6, 6.07) is 10.7. The molecule has 0 spiro atoms. The second kappa shape index (κ2) is 10.3. The smallest absolute Gasteiger partial charge is 0.262 e. The molecule has 8 heteroatoms. The lowest BCUT2D eigenvalue weighted by Crippen LogP contribution is -2.35. The first kappa shape index (κ1) is 23.8. The zero-order valence-corrected chi connectivity index (χ0v) is 21.5. The molecule has 0 saturated carbocycles. The van der Waals surface area contributed by atoms with Crippen molar-refractivity contribution >= 4 is 21.6 Å². The van der Waals surface area contributed by atoms with Crippen LogP contribution in [0.25, 0.3) is 10.2 Å². The fourth-order valence-corrected chi connectivity index (χ4v) is 6.40. The molecule has 3 aromatic heterocycles. The van der Waals surface area contributed by atoms with Crippen LogP contribution in [0.15, 0.2) is 41.5 Å². The number of aryl methyl sites for hydroxylation is 5. The molecule has 1 atom stereocenters. The van der Waals surface area contributed by atoms with E-state index in [1.165, 1.54) is 16.0 Å². The van der Waals surface area contributed by atoms with Gasteiger partial charge in [0.15, 0.2) is 0 Å². The Labute approximate surface area is 209 Å². The zero-order valence-electron chi connectivity index (χ0n) is 20.7. The standard InChI is InChI=1S/C27H33N5O2S/c1-18-15-19(2)32(30-18)14-6-13-31-17-29-26-25(27(31)33)22-10-9-21(16-24(22)35-26)28-12-11-20-7-4-5-8-23(20)34-3/h4-5,7-8,15,17,21,28H,6,9-14,16H2,1-3H3. The van der Waals surface area contributed by atoms with Crippen LogP contribution in [-0.2, 0) is 32.4 Å². The third-order valence-corrected chi connectivity index (χ3v) is 8.09. The summed E-state index contributed by atoms with van der Waals surface area (Å²) in [6.07, 6.45) is 6.42. The molecule has 184 valence electrons. The second-order valence-corrected chi connectivity index (χ2v) is 10.5. The van der Waals surface area contributed by atoms with Gasteiger partial charge in [0.05, 0.1) is 24.5 Å². The van der Waals surface area contributed by atoms with Gasteiger partial charge in [0.1, 0.15) is 10.6 Å². The van der Waals surface area contributed by atoms with Crippen LogP contribution in [0.3, 0.4) is 0 Å². The quantitative estimate of drug-likeness (QED) is 0.382. The molecule has 0 bridgehead atoms. The van der Waals surface area contributed by atoms with Crippen molar-refractivity contribution in [2.75, 3.05) is 13.7 Å². The van der Waals surface area contributed by atoms with Crippen molar-refractivity contribution in [2.24, 2.45) is 0 Å². The highest BCUT2D eigenvalue weighted by Crippen LogP contribution is 2.33. The first-order valence-corrected chi connectivity index (χ1v) is 13.2. The average molecular weight is 492 g/mol. The highest BCUT2D eigenvalue weighted by molar-refractivity contribution is 7.18. The Morgan fingerprint density at radius 1 is 1.23 bits per heavy atom. The van der Waals surface area contributed by atoms with Crippen molar-refractivity contribution in [1.82, 2.24) is 24.6 Å². The summed E-state index contributed by atoms with van der Waals surface area (Å²) in [5.41, 5.74) is 4.73. The second-order valence-electron chi connectivity index (χ2n) is 9.39. The summed E-state index contributed by atoms with van der Waals surface area (Å²) in [6.45, 7) is 6.43. The minimum absolute atomic E-state index is 0.100. The normalized spacial score (nSPS) is 15.5. The topological polar surface area (TPSA) is 74.0 Å². The first-order valence-electron chi connectivity index (χ1n) is 12.4. The lowest BCUT2D eigenvalue weighted by atomic mass is 9.93. The van der Waals surface area contributed by atoms with Gasteiger partial charge in [-0.05, 0) is 75.8 Å². The third-order valence-electron chi connectivity index (χ3n) is 6.93. The number of hydrogen-bond donors (Lipinski definition) is 1. The Hall–Kier alpha value is -2.97. The maximum absolute atomic E-state index is 13.3. The lowest BCUT2D eigenvalue weighted by Gasteiger charge is -2.23. The van der Waals surface area contributed by atoms with Crippen LogP contribution in [0, 0.1) is 13.8 Å². The number of nitrogens with zero attached hydrogens (tertiary/aromatic N) is 4. The largest absolute Gasteiger partial charge is 0.496 e. The Kier molecular flexibility index (Phi) is 7.02. The van der Waals surface area contributed by atoms with Crippen LogP contribution in [-0.4, -0.2) is 39.0 Å². The molecule has 5 rings (SSSR count). The molecule has 0 saturated heterocycles. The molecule has 3 heterocycles. The number of nitrogens with one attached hydrogen (secondary N) is 1. The molecule has 0 amide bonds. The van der Waals surface area contributed by atoms with Crippen molar-refractivity contribution in [3.8, 4) is 5.75 Å². The van der Waals surface area contributed by atoms with Gasteiger partial charge in [-0.25, -0.2) is 4.98 Å². The van der Waals surface area contributed by atoms with Crippen molar-refractivity contribution < 1.29 is 4.74 Å². The van der Waals surface area contributed by atoms with Gasteiger partial charge in [0, 0.05) is 29.7 Å². The molecule has 4 aromatic rings. The molecular weight excluding hydrogens is 458 g/mol. The molecule has 35 heavy (non-hydrogen) atoms. The van der Waals surface area contributed by atoms with E-state index >= 15 is 0 Å². The number of thiophene rings is 1. The van der Waals surface area contributed by atoms with E-state index in [1.54, 1.807) is 29.3 Å². The maximum Gasteiger partial charge on any atom is 0.262 e. The number of aromatic nitrogens is 4. The Morgan fingerprint density at radius 3 is 2.89 bits per heavy atom. The van der Waals surface area contributed by atoms with Gasteiger partial charge >= 0.3 is 0 Å². The number of methoxy groups -OCH3 is 1. The summed E-state index contributed by atoms with van der Waals surface area (Å²) in [7, 11) is 1.72. The summed E-state index contributed by atoms with van der Waals surface area (Å²) in [4.78, 5) is 20.2. The Balaban J connectivity index is 1.23. The monoisotopic (exact) mass is 491 g/mol. The zero-order chi connectivity index (χ0) is 24.4. The van der Waals surface area contributed by atoms with Crippen LogP contribution in [0.1, 0.15) is 40.2 Å². The summed E-state index contributed by atoms with van der Waals surface area (Å²) in [5.74, 6) is 0.946. The highest BCUT2D eigenvalue weighted by Gasteiger charge is 2.25. The number of para-hydroxylation sites is 1. The van der Waals surface area contributed by atoms with E-state index in [0.717, 1.165) is 72.5 Å². The number of hydrogen-bond acceptors (Lipinski definition) is 6. The minimum atomic E-state index is 0.100. The first-order chi connectivity index (χ1) is 17.0. The predicted octanol–water partition coefficient (Wildman–Crippen LogP) is 4.06. The molecule has 1 aliphatic carbocycles. The Bertz CT molecular complexity index is 1390. The molecule has 1 unspecified atom stereocenters. The molecule has 0 aliphatic heterocycles. The minimum Gasteiger partial charge on any atom is -0.496 e. The third kappa shape index (κ3) is 5.04. The van der Waals surface area contributed by atoms with Crippen LogP contribution in [0.4, 0.5) is 0 Å². The molecule has 1 N–H and O–H groups in total. The van der Waals surface area contributed by atoms with E-state index < -0.39 is 0 Å². The van der Waals surface area contributed by atoms with E-state index in [4.69, 9.17) is 4.74 Å². The van der Waals surface area contributed by atoms with Gasteiger partial charge in [-0.1, -0.05) is 18.2 Å². The molecule has 1 aromatic carbocycles. The molecule has 7 nitrogen and oxygen atoms in total. The summed E-state index contributed by atoms with van der Waals surface area (Å²) >= 11 is 1.69. The van der Waals surface area contributed by atoms with Crippen LogP contribution in [0.2, 0.25) is 0 Å². The van der Waals surface area contributed by atoms with Gasteiger partial charge in [-0.2, -0.15) is 5.10 Å². The molecule has 0 radical (unpaired) electrons. The van der Waals surface area contributed by atoms with E-state index in [1.807, 2.05) is 23.7 Å². The van der Waals surface area contributed by atoms with Crippen LogP contribution < -0.4 is 15.6 Å². The van der Waals surface area contributed by atoms with Gasteiger partial charge in [-0.15, -0.1) is 11.3 Å². The molecule has 1 aliphatic rings. The highest BCUT2D eigenvalue weighted by atomic mass is 32.1. The molecule has 0 fully saturated rings. The van der Waals surface area contributed by atoms with E-state index in [9.17, 15) is 4.79 Å². The maximum atomic E-state index is 13.3. The van der Waals surface area contributed by atoms with Crippen molar-refractivity contribution in [3.63, 3.8) is 0 Å². The fraction of sp³-hybridized carbons (Fsp3) is 0.444. The number of ether oxygens (including phenoxy) is 1. The van der Waals surface area contributed by atoms with E-state index in [0.29, 0.717) is 12.6 Å².